The van der Waals surface area contributed by atoms with Crippen molar-refractivity contribution in [3.63, 3.8) is 0 Å². The molecule has 0 spiro atoms. The second kappa shape index (κ2) is 5.03. The van der Waals surface area contributed by atoms with Gasteiger partial charge in [0.15, 0.2) is 0 Å². The van der Waals surface area contributed by atoms with Crippen LogP contribution in [0.4, 0.5) is 10.1 Å². The predicted molar refractivity (Wildman–Crippen MR) is 77.7 cm³/mol. The summed E-state index contributed by atoms with van der Waals surface area (Å²) in [5.74, 6) is -0.398. The van der Waals surface area contributed by atoms with Crippen LogP contribution in [0.15, 0.2) is 36.4 Å². The molecule has 1 unspecified atom stereocenters. The molecule has 0 radical (unpaired) electrons. The van der Waals surface area contributed by atoms with Gasteiger partial charge >= 0.3 is 0 Å². The monoisotopic (exact) mass is 295 g/mol. The van der Waals surface area contributed by atoms with Gasteiger partial charge < -0.3 is 5.32 Å². The minimum absolute atomic E-state index is 0.145. The van der Waals surface area contributed by atoms with E-state index in [9.17, 15) is 4.39 Å². The van der Waals surface area contributed by atoms with Crippen molar-refractivity contribution in [3.8, 4) is 0 Å². The molecule has 0 amide bonds. The standard InChI is InChI=1S/C15H12Cl2FN/c16-11-2-1-9-6-13(7-10(9)5-11)19-12-3-4-14(17)15(18)8-12/h1-5,8,13,19H,6-7H2. The van der Waals surface area contributed by atoms with Gasteiger partial charge in [0.25, 0.3) is 0 Å². The van der Waals surface area contributed by atoms with Crippen LogP contribution in [0.25, 0.3) is 0 Å². The Kier molecular flexibility index (Phi) is 3.38. The van der Waals surface area contributed by atoms with Gasteiger partial charge in [0.05, 0.1) is 5.02 Å². The minimum Gasteiger partial charge on any atom is -0.382 e. The molecule has 98 valence electrons. The number of fused-ring (bicyclic) bond motifs is 1. The Morgan fingerprint density at radius 2 is 1.79 bits per heavy atom. The summed E-state index contributed by atoms with van der Waals surface area (Å²) in [6.07, 6.45) is 1.83. The van der Waals surface area contributed by atoms with E-state index in [0.717, 1.165) is 23.6 Å². The van der Waals surface area contributed by atoms with Gasteiger partial charge in [0.1, 0.15) is 5.82 Å². The molecule has 1 atom stereocenters. The van der Waals surface area contributed by atoms with Crippen LogP contribution in [0.3, 0.4) is 0 Å². The van der Waals surface area contributed by atoms with E-state index in [-0.39, 0.29) is 11.1 Å². The molecule has 0 bridgehead atoms. The lowest BCUT2D eigenvalue weighted by atomic mass is 10.1. The molecule has 1 N–H and O–H groups in total. The van der Waals surface area contributed by atoms with Crippen LogP contribution in [-0.4, -0.2) is 6.04 Å². The molecule has 1 nitrogen and oxygen atoms in total. The second-order valence-corrected chi connectivity index (χ2v) is 5.64. The first kappa shape index (κ1) is 12.8. The van der Waals surface area contributed by atoms with Crippen molar-refractivity contribution < 1.29 is 4.39 Å². The van der Waals surface area contributed by atoms with Crippen molar-refractivity contribution in [2.75, 3.05) is 5.32 Å². The normalized spacial score (nSPS) is 17.3. The van der Waals surface area contributed by atoms with E-state index in [0.29, 0.717) is 0 Å². The second-order valence-electron chi connectivity index (χ2n) is 4.79. The molecule has 0 fully saturated rings. The SMILES string of the molecule is Fc1cc(NC2Cc3ccc(Cl)cc3C2)ccc1Cl. The Hall–Kier alpha value is -1.25. The van der Waals surface area contributed by atoms with Crippen LogP contribution in [0.5, 0.6) is 0 Å². The lowest BCUT2D eigenvalue weighted by Crippen LogP contribution is -2.19. The summed E-state index contributed by atoms with van der Waals surface area (Å²) in [4.78, 5) is 0. The lowest BCUT2D eigenvalue weighted by Gasteiger charge is -2.13. The lowest BCUT2D eigenvalue weighted by molar-refractivity contribution is 0.628. The summed E-state index contributed by atoms with van der Waals surface area (Å²) in [5.41, 5.74) is 3.32. The third-order valence-electron chi connectivity index (χ3n) is 3.39. The molecular formula is C15H12Cl2FN. The molecular weight excluding hydrogens is 284 g/mol. The zero-order valence-electron chi connectivity index (χ0n) is 10.1. The number of hydrogen-bond donors (Lipinski definition) is 1. The average molecular weight is 296 g/mol. The third kappa shape index (κ3) is 2.70. The number of nitrogens with one attached hydrogen (secondary N) is 1. The van der Waals surface area contributed by atoms with Gasteiger partial charge in [0, 0.05) is 16.8 Å². The molecule has 2 aromatic rings. The molecule has 0 saturated carbocycles. The Balaban J connectivity index is 1.75. The van der Waals surface area contributed by atoms with E-state index in [1.807, 2.05) is 12.1 Å². The topological polar surface area (TPSA) is 12.0 Å². The number of benzene rings is 2. The van der Waals surface area contributed by atoms with E-state index >= 15 is 0 Å². The van der Waals surface area contributed by atoms with E-state index in [2.05, 4.69) is 11.4 Å². The summed E-state index contributed by atoms with van der Waals surface area (Å²) in [5, 5.41) is 4.24. The quantitative estimate of drug-likeness (QED) is 0.846. The summed E-state index contributed by atoms with van der Waals surface area (Å²) in [7, 11) is 0. The van der Waals surface area contributed by atoms with Crippen LogP contribution in [-0.2, 0) is 12.8 Å². The molecule has 0 aliphatic heterocycles. The largest absolute Gasteiger partial charge is 0.382 e. The first-order valence-electron chi connectivity index (χ1n) is 6.11. The maximum atomic E-state index is 13.4. The number of anilines is 1. The fraction of sp³-hybridized carbons (Fsp3) is 0.200. The predicted octanol–water partition coefficient (Wildman–Crippen LogP) is 4.71. The Bertz CT molecular complexity index is 628. The highest BCUT2D eigenvalue weighted by Crippen LogP contribution is 2.28. The number of rotatable bonds is 2. The van der Waals surface area contributed by atoms with Crippen molar-refractivity contribution in [3.05, 3.63) is 63.4 Å². The maximum absolute atomic E-state index is 13.4. The molecule has 1 aliphatic carbocycles. The molecule has 0 saturated heterocycles. The van der Waals surface area contributed by atoms with Gasteiger partial charge in [-0.25, -0.2) is 4.39 Å². The van der Waals surface area contributed by atoms with Gasteiger partial charge in [0.2, 0.25) is 0 Å². The maximum Gasteiger partial charge on any atom is 0.143 e. The van der Waals surface area contributed by atoms with Crippen molar-refractivity contribution in [2.24, 2.45) is 0 Å². The zero-order chi connectivity index (χ0) is 13.4. The van der Waals surface area contributed by atoms with Gasteiger partial charge in [-0.2, -0.15) is 0 Å². The fourth-order valence-electron chi connectivity index (χ4n) is 2.51. The minimum atomic E-state index is -0.398. The molecule has 0 heterocycles. The highest BCUT2D eigenvalue weighted by molar-refractivity contribution is 6.31. The molecule has 0 aromatic heterocycles. The van der Waals surface area contributed by atoms with Gasteiger partial charge in [-0.1, -0.05) is 29.3 Å². The highest BCUT2D eigenvalue weighted by Gasteiger charge is 2.21. The van der Waals surface area contributed by atoms with Crippen molar-refractivity contribution in [1.82, 2.24) is 0 Å². The zero-order valence-corrected chi connectivity index (χ0v) is 11.6. The van der Waals surface area contributed by atoms with Crippen LogP contribution in [0.1, 0.15) is 11.1 Å². The molecule has 3 rings (SSSR count). The van der Waals surface area contributed by atoms with Gasteiger partial charge in [-0.3, -0.25) is 0 Å². The van der Waals surface area contributed by atoms with Crippen LogP contribution < -0.4 is 5.32 Å². The van der Waals surface area contributed by atoms with E-state index in [1.165, 1.54) is 17.2 Å². The van der Waals surface area contributed by atoms with Crippen LogP contribution in [0.2, 0.25) is 10.0 Å². The summed E-state index contributed by atoms with van der Waals surface area (Å²) in [6, 6.07) is 11.0. The van der Waals surface area contributed by atoms with E-state index in [4.69, 9.17) is 23.2 Å². The Morgan fingerprint density at radius 1 is 1.00 bits per heavy atom. The summed E-state index contributed by atoms with van der Waals surface area (Å²) >= 11 is 11.7. The Labute approximate surface area is 121 Å². The summed E-state index contributed by atoms with van der Waals surface area (Å²) in [6.45, 7) is 0. The summed E-state index contributed by atoms with van der Waals surface area (Å²) < 4.78 is 13.4. The van der Waals surface area contributed by atoms with Gasteiger partial charge in [-0.15, -0.1) is 0 Å². The van der Waals surface area contributed by atoms with E-state index < -0.39 is 5.82 Å². The average Bonchev–Trinajstić information content (AvgIpc) is 2.75. The smallest absolute Gasteiger partial charge is 0.143 e. The first-order valence-corrected chi connectivity index (χ1v) is 6.86. The number of halogens is 3. The van der Waals surface area contributed by atoms with Crippen molar-refractivity contribution in [1.29, 1.82) is 0 Å². The van der Waals surface area contributed by atoms with E-state index in [1.54, 1.807) is 12.1 Å². The van der Waals surface area contributed by atoms with Crippen LogP contribution >= 0.6 is 23.2 Å². The molecule has 1 aliphatic rings. The number of hydrogen-bond acceptors (Lipinski definition) is 1. The third-order valence-corrected chi connectivity index (χ3v) is 3.93. The highest BCUT2D eigenvalue weighted by atomic mass is 35.5. The first-order chi connectivity index (χ1) is 9.11. The molecule has 4 heteroatoms. The van der Waals surface area contributed by atoms with Crippen LogP contribution in [0, 0.1) is 5.82 Å². The molecule has 19 heavy (non-hydrogen) atoms. The van der Waals surface area contributed by atoms with Crippen molar-refractivity contribution in [2.45, 2.75) is 18.9 Å². The van der Waals surface area contributed by atoms with Crippen molar-refractivity contribution >= 4 is 28.9 Å². The Morgan fingerprint density at radius 3 is 2.58 bits per heavy atom. The fourth-order valence-corrected chi connectivity index (χ4v) is 2.82. The van der Waals surface area contributed by atoms with Gasteiger partial charge in [-0.05, 0) is 54.3 Å². The molecule has 2 aromatic carbocycles.